The Bertz CT molecular complexity index is 1510. The fourth-order valence-corrected chi connectivity index (χ4v) is 5.55. The summed E-state index contributed by atoms with van der Waals surface area (Å²) >= 11 is 0. The summed E-state index contributed by atoms with van der Waals surface area (Å²) in [6.07, 6.45) is 7.06. The van der Waals surface area contributed by atoms with Crippen molar-refractivity contribution in [1.82, 2.24) is 9.78 Å². The molecule has 3 aromatic carbocycles. The van der Waals surface area contributed by atoms with Crippen LogP contribution in [0, 0.1) is 0 Å². The van der Waals surface area contributed by atoms with Crippen molar-refractivity contribution in [3.05, 3.63) is 95.7 Å². The predicted octanol–water partition coefficient (Wildman–Crippen LogP) is 8.61. The number of ether oxygens (including phenoxy) is 3. The van der Waals surface area contributed by atoms with Crippen molar-refractivity contribution in [3.8, 4) is 5.75 Å². The molecule has 0 radical (unpaired) electrons. The molecule has 1 fully saturated rings. The van der Waals surface area contributed by atoms with E-state index in [4.69, 9.17) is 19.3 Å². The quantitative estimate of drug-likeness (QED) is 0.109. The van der Waals surface area contributed by atoms with Crippen molar-refractivity contribution in [3.63, 3.8) is 0 Å². The molecule has 0 saturated carbocycles. The zero-order chi connectivity index (χ0) is 29.5. The van der Waals surface area contributed by atoms with Crippen molar-refractivity contribution in [1.29, 1.82) is 0 Å². The van der Waals surface area contributed by atoms with E-state index < -0.39 is 5.60 Å². The topological polar surface area (TPSA) is 62.6 Å². The summed E-state index contributed by atoms with van der Waals surface area (Å²) in [4.78, 5) is 12.0. The molecule has 1 unspecified atom stereocenters. The molecule has 0 N–H and O–H groups in total. The lowest BCUT2D eigenvalue weighted by Gasteiger charge is -2.23. The second kappa shape index (κ2) is 13.4. The summed E-state index contributed by atoms with van der Waals surface area (Å²) in [6.45, 7) is 9.09. The molecule has 6 heteroatoms. The van der Waals surface area contributed by atoms with Crippen LogP contribution in [0.1, 0.15) is 89.1 Å². The van der Waals surface area contributed by atoms with Crippen LogP contribution in [-0.4, -0.2) is 34.6 Å². The number of rotatable bonds is 10. The third kappa shape index (κ3) is 7.29. The molecule has 0 spiro atoms. The summed E-state index contributed by atoms with van der Waals surface area (Å²) in [5.41, 5.74) is 6.59. The zero-order valence-corrected chi connectivity index (χ0v) is 25.3. The fraction of sp³-hybridized carbons (Fsp3) is 0.389. The minimum absolute atomic E-state index is 0.00399. The molecule has 2 heterocycles. The van der Waals surface area contributed by atoms with Gasteiger partial charge in [0.1, 0.15) is 11.4 Å². The van der Waals surface area contributed by atoms with Gasteiger partial charge in [0.15, 0.2) is 6.23 Å². The molecule has 0 aliphatic carbocycles. The maximum atomic E-state index is 12.0. The Hall–Kier alpha value is -3.90. The molecule has 1 atom stereocenters. The number of allylic oxidation sites excluding steroid dienone is 1. The van der Waals surface area contributed by atoms with E-state index in [1.807, 2.05) is 43.8 Å². The lowest BCUT2D eigenvalue weighted by molar-refractivity contribution is -0.155. The van der Waals surface area contributed by atoms with E-state index in [9.17, 15) is 4.79 Å². The number of hydrogen-bond acceptors (Lipinski definition) is 5. The minimum Gasteiger partial charge on any atom is -0.494 e. The van der Waals surface area contributed by atoms with Gasteiger partial charge < -0.3 is 14.2 Å². The van der Waals surface area contributed by atoms with Gasteiger partial charge in [-0.05, 0) is 105 Å². The number of nitrogens with zero attached hydrogens (tertiary/aromatic N) is 2. The summed E-state index contributed by atoms with van der Waals surface area (Å²) in [5, 5.41) is 5.83. The minimum atomic E-state index is -0.467. The van der Waals surface area contributed by atoms with Crippen molar-refractivity contribution in [2.24, 2.45) is 0 Å². The molecule has 42 heavy (non-hydrogen) atoms. The number of fused-ring (bicyclic) bond motifs is 1. The Morgan fingerprint density at radius 1 is 0.976 bits per heavy atom. The van der Waals surface area contributed by atoms with Crippen LogP contribution < -0.4 is 4.74 Å². The standard InChI is InChI=1S/C36H42N2O4/c1-5-31(26-12-7-6-8-13-26)35(27-16-19-30(20-17-27)40-23-11-15-34(39)42-36(2,3)4)28-18-21-32-29(24-28)25-37-38(32)33-14-9-10-22-41-33/h6-8,12-13,16-21,24-25,33H,5,9-11,14-15,22-23H2,1-4H3/b35-31+. The molecular weight excluding hydrogens is 524 g/mol. The summed E-state index contributed by atoms with van der Waals surface area (Å²) in [5.74, 6) is 0.585. The van der Waals surface area contributed by atoms with E-state index in [1.54, 1.807) is 0 Å². The van der Waals surface area contributed by atoms with E-state index in [2.05, 4.69) is 67.6 Å². The highest BCUT2D eigenvalue weighted by molar-refractivity contribution is 6.00. The Labute approximate surface area is 249 Å². The number of carbonyl (C=O) groups excluding carboxylic acids is 1. The maximum Gasteiger partial charge on any atom is 0.306 e. The van der Waals surface area contributed by atoms with E-state index >= 15 is 0 Å². The van der Waals surface area contributed by atoms with Gasteiger partial charge in [-0.2, -0.15) is 5.10 Å². The molecule has 1 aromatic heterocycles. The van der Waals surface area contributed by atoms with Crippen molar-refractivity contribution >= 4 is 28.0 Å². The highest BCUT2D eigenvalue weighted by atomic mass is 16.6. The van der Waals surface area contributed by atoms with E-state index in [0.29, 0.717) is 19.4 Å². The van der Waals surface area contributed by atoms with Crippen molar-refractivity contribution in [2.45, 2.75) is 78.0 Å². The third-order valence-electron chi connectivity index (χ3n) is 7.45. The Morgan fingerprint density at radius 3 is 2.43 bits per heavy atom. The molecule has 5 rings (SSSR count). The molecule has 1 aliphatic heterocycles. The first kappa shape index (κ1) is 29.6. The lowest BCUT2D eigenvalue weighted by atomic mass is 9.88. The van der Waals surface area contributed by atoms with Crippen molar-refractivity contribution < 1.29 is 19.0 Å². The summed E-state index contributed by atoms with van der Waals surface area (Å²) in [6, 6.07) is 25.5. The van der Waals surface area contributed by atoms with Gasteiger partial charge in [0, 0.05) is 18.4 Å². The smallest absolute Gasteiger partial charge is 0.306 e. The predicted molar refractivity (Wildman–Crippen MR) is 168 cm³/mol. The van der Waals surface area contributed by atoms with Gasteiger partial charge in [0.25, 0.3) is 0 Å². The first-order chi connectivity index (χ1) is 20.3. The molecule has 4 aromatic rings. The Kier molecular flexibility index (Phi) is 9.43. The number of aromatic nitrogens is 2. The molecule has 220 valence electrons. The molecular formula is C36H42N2O4. The average Bonchev–Trinajstić information content (AvgIpc) is 3.42. The van der Waals surface area contributed by atoms with E-state index in [1.165, 1.54) is 16.7 Å². The number of benzene rings is 3. The summed E-state index contributed by atoms with van der Waals surface area (Å²) < 4.78 is 19.4. The molecule has 0 amide bonds. The second-order valence-electron chi connectivity index (χ2n) is 11.8. The van der Waals surface area contributed by atoms with Gasteiger partial charge in [0.05, 0.1) is 18.3 Å². The van der Waals surface area contributed by atoms with Crippen LogP contribution in [0.3, 0.4) is 0 Å². The van der Waals surface area contributed by atoms with Crippen LogP contribution in [0.5, 0.6) is 5.75 Å². The normalized spacial score (nSPS) is 16.2. The van der Waals surface area contributed by atoms with Crippen LogP contribution in [0.2, 0.25) is 0 Å². The van der Waals surface area contributed by atoms with Crippen LogP contribution in [-0.2, 0) is 14.3 Å². The largest absolute Gasteiger partial charge is 0.494 e. The summed E-state index contributed by atoms with van der Waals surface area (Å²) in [7, 11) is 0. The maximum absolute atomic E-state index is 12.0. The van der Waals surface area contributed by atoms with Gasteiger partial charge in [-0.1, -0.05) is 55.5 Å². The van der Waals surface area contributed by atoms with Crippen molar-refractivity contribution in [2.75, 3.05) is 13.2 Å². The van der Waals surface area contributed by atoms with Crippen LogP contribution in [0.15, 0.2) is 79.0 Å². The molecule has 6 nitrogen and oxygen atoms in total. The number of carbonyl (C=O) groups is 1. The highest BCUT2D eigenvalue weighted by Crippen LogP contribution is 2.37. The molecule has 0 bridgehead atoms. The first-order valence-corrected chi connectivity index (χ1v) is 15.2. The van der Waals surface area contributed by atoms with Crippen LogP contribution in [0.25, 0.3) is 22.0 Å². The Morgan fingerprint density at radius 2 is 1.74 bits per heavy atom. The van der Waals surface area contributed by atoms with Gasteiger partial charge in [-0.3, -0.25) is 4.79 Å². The average molecular weight is 567 g/mol. The third-order valence-corrected chi connectivity index (χ3v) is 7.45. The Balaban J connectivity index is 1.41. The zero-order valence-electron chi connectivity index (χ0n) is 25.3. The van der Waals surface area contributed by atoms with Crippen LogP contribution in [0.4, 0.5) is 0 Å². The van der Waals surface area contributed by atoms with E-state index in [-0.39, 0.29) is 12.2 Å². The number of hydrogen-bond donors (Lipinski definition) is 0. The van der Waals surface area contributed by atoms with E-state index in [0.717, 1.165) is 60.1 Å². The lowest BCUT2D eigenvalue weighted by Crippen LogP contribution is -2.23. The monoisotopic (exact) mass is 566 g/mol. The number of esters is 1. The van der Waals surface area contributed by atoms with Gasteiger partial charge in [-0.15, -0.1) is 0 Å². The fourth-order valence-electron chi connectivity index (χ4n) is 5.55. The second-order valence-corrected chi connectivity index (χ2v) is 11.8. The van der Waals surface area contributed by atoms with Gasteiger partial charge in [0.2, 0.25) is 0 Å². The first-order valence-electron chi connectivity index (χ1n) is 15.2. The van der Waals surface area contributed by atoms with Gasteiger partial charge in [-0.25, -0.2) is 4.68 Å². The molecule has 1 saturated heterocycles. The SMILES string of the molecule is CC/C(=C(/c1ccc(OCCCC(=O)OC(C)(C)C)cc1)c1ccc2c(cnn2C2CCCCO2)c1)c1ccccc1. The van der Waals surface area contributed by atoms with Crippen LogP contribution >= 0.6 is 0 Å². The molecule has 1 aliphatic rings. The van der Waals surface area contributed by atoms with Gasteiger partial charge >= 0.3 is 5.97 Å². The highest BCUT2D eigenvalue weighted by Gasteiger charge is 2.20.